The number of aliphatic hydroxyl groups excluding tert-OH is 1. The number of primary amides is 1. The number of Topliss-reactive ketones (excluding diaryl/α,β-unsaturated/α-hetero) is 1. The number of carbonyl (C=O) groups excluding carboxylic acids is 2. The maximum atomic E-state index is 13.4. The number of nitrogens with two attached hydrogens (primary N) is 1. The molecule has 1 aliphatic rings. The molecule has 4 atom stereocenters. The van der Waals surface area contributed by atoms with Crippen LogP contribution in [0, 0.1) is 6.92 Å². The maximum Gasteiger partial charge on any atom is 0.404 e. The Morgan fingerprint density at radius 2 is 1.79 bits per heavy atom. The molecule has 4 aromatic rings. The molecule has 0 bridgehead atoms. The summed E-state index contributed by atoms with van der Waals surface area (Å²) in [7, 11) is 1.38. The summed E-state index contributed by atoms with van der Waals surface area (Å²) in [4.78, 5) is 38.2. The van der Waals surface area contributed by atoms with Crippen LogP contribution in [0.15, 0.2) is 69.9 Å². The monoisotopic (exact) mass is 645 g/mol. The van der Waals surface area contributed by atoms with Gasteiger partial charge in [-0.3, -0.25) is 4.79 Å². The van der Waals surface area contributed by atoms with Crippen molar-refractivity contribution in [3.63, 3.8) is 0 Å². The average Bonchev–Trinajstić information content (AvgIpc) is 3.02. The number of rotatable bonds is 9. The number of ketones is 1. The van der Waals surface area contributed by atoms with E-state index in [1.807, 2.05) is 24.3 Å². The topological polar surface area (TPSA) is 168 Å². The minimum absolute atomic E-state index is 0.0257. The van der Waals surface area contributed by atoms with Gasteiger partial charge in [0.15, 0.2) is 18.0 Å². The van der Waals surface area contributed by atoms with Crippen molar-refractivity contribution in [3.05, 3.63) is 93.3 Å². The molecule has 0 saturated carbocycles. The van der Waals surface area contributed by atoms with Crippen molar-refractivity contribution in [2.45, 2.75) is 77.2 Å². The van der Waals surface area contributed by atoms with Crippen LogP contribution in [0.2, 0.25) is 0 Å². The van der Waals surface area contributed by atoms with Crippen LogP contribution in [-0.4, -0.2) is 59.4 Å². The quantitative estimate of drug-likeness (QED) is 0.159. The number of aliphatic hydroxyl groups is 1. The summed E-state index contributed by atoms with van der Waals surface area (Å²) in [5.74, 6) is -0.299. The van der Waals surface area contributed by atoms with Gasteiger partial charge in [0.2, 0.25) is 6.29 Å². The van der Waals surface area contributed by atoms with Crippen molar-refractivity contribution in [2.75, 3.05) is 7.11 Å². The van der Waals surface area contributed by atoms with Crippen molar-refractivity contribution in [3.8, 4) is 22.6 Å². The molecule has 11 heteroatoms. The van der Waals surface area contributed by atoms with Crippen LogP contribution in [0.4, 0.5) is 4.79 Å². The fraction of sp³-hybridized carbons (Fsp3) is 0.361. The highest BCUT2D eigenvalue weighted by atomic mass is 16.7. The molecule has 11 nitrogen and oxygen atoms in total. The molecule has 2 heterocycles. The predicted octanol–water partition coefficient (Wildman–Crippen LogP) is 5.38. The van der Waals surface area contributed by atoms with Crippen LogP contribution in [0.5, 0.6) is 11.5 Å². The van der Waals surface area contributed by atoms with E-state index in [9.17, 15) is 24.6 Å². The average molecular weight is 646 g/mol. The fourth-order valence-electron chi connectivity index (χ4n) is 6.14. The molecule has 0 radical (unpaired) electrons. The van der Waals surface area contributed by atoms with Gasteiger partial charge in [-0.15, -0.1) is 0 Å². The molecule has 1 aromatic heterocycles. The molecule has 47 heavy (non-hydrogen) atoms. The zero-order chi connectivity index (χ0) is 34.2. The summed E-state index contributed by atoms with van der Waals surface area (Å²) in [5, 5.41) is 22.4. The third kappa shape index (κ3) is 6.60. The Morgan fingerprint density at radius 1 is 1.06 bits per heavy atom. The molecule has 5 rings (SSSR count). The van der Waals surface area contributed by atoms with Crippen molar-refractivity contribution in [1.82, 2.24) is 0 Å². The summed E-state index contributed by atoms with van der Waals surface area (Å²) in [5.41, 5.74) is 6.88. The van der Waals surface area contributed by atoms with E-state index in [2.05, 4.69) is 19.9 Å². The highest BCUT2D eigenvalue weighted by molar-refractivity contribution is 6.00. The van der Waals surface area contributed by atoms with E-state index in [0.29, 0.717) is 11.1 Å². The maximum absolute atomic E-state index is 13.4. The van der Waals surface area contributed by atoms with Gasteiger partial charge in [-0.1, -0.05) is 56.3 Å². The Bertz CT molecular complexity index is 1880. The minimum Gasteiger partial charge on any atom is -0.507 e. The highest BCUT2D eigenvalue weighted by Gasteiger charge is 2.53. The zero-order valence-corrected chi connectivity index (χ0v) is 27.1. The zero-order valence-electron chi connectivity index (χ0n) is 27.1. The molecule has 4 N–H and O–H groups in total. The van der Waals surface area contributed by atoms with Gasteiger partial charge >= 0.3 is 11.7 Å². The van der Waals surface area contributed by atoms with E-state index in [1.54, 1.807) is 39.0 Å². The van der Waals surface area contributed by atoms with Crippen LogP contribution in [0.25, 0.3) is 22.1 Å². The van der Waals surface area contributed by atoms with Crippen LogP contribution < -0.4 is 16.1 Å². The van der Waals surface area contributed by atoms with Crippen LogP contribution >= 0.6 is 0 Å². The number of ether oxygens (including phenoxy) is 4. The Balaban J connectivity index is 1.42. The lowest BCUT2D eigenvalue weighted by Crippen LogP contribution is -2.65. The molecule has 1 saturated heterocycles. The smallest absolute Gasteiger partial charge is 0.404 e. The molecule has 1 fully saturated rings. The third-order valence-electron chi connectivity index (χ3n) is 8.52. The molecule has 1 amide bonds. The number of aryl methyl sites for hydroxylation is 1. The molecule has 248 valence electrons. The van der Waals surface area contributed by atoms with E-state index in [4.69, 9.17) is 29.1 Å². The first-order valence-electron chi connectivity index (χ1n) is 15.3. The molecule has 3 aromatic carbocycles. The Morgan fingerprint density at radius 3 is 2.47 bits per heavy atom. The molecule has 0 aliphatic carbocycles. The van der Waals surface area contributed by atoms with E-state index in [-0.39, 0.29) is 46.2 Å². The second kappa shape index (κ2) is 13.2. The molecule has 0 spiro atoms. The lowest BCUT2D eigenvalue weighted by atomic mass is 9.89. The van der Waals surface area contributed by atoms with E-state index >= 15 is 0 Å². The number of hydrogen-bond donors (Lipinski definition) is 3. The number of benzene rings is 3. The van der Waals surface area contributed by atoms with E-state index < -0.39 is 41.9 Å². The van der Waals surface area contributed by atoms with Gasteiger partial charge in [-0.05, 0) is 61.6 Å². The standard InChI is InChI=1S/C36H39NO10/c1-18(2)22-12-7-8-13-23(22)20-10-9-11-21(16-20)26(38)17-25-28(39)24-14-15-27(19(3)30(24)45-33(25)41)44-34-29(40)31(46-35(37)42)32(43-6)36(4,5)47-34/h7-16,18,29,31-32,34,39-40H,17H2,1-6H3,(H2,37,42)/t29-,31+,32-,34-/m1/s1. The van der Waals surface area contributed by atoms with Gasteiger partial charge in [0.05, 0.1) is 16.6 Å². The second-order valence-corrected chi connectivity index (χ2v) is 12.5. The number of carbonyl (C=O) groups is 2. The fourth-order valence-corrected chi connectivity index (χ4v) is 6.14. The first kappa shape index (κ1) is 33.6. The number of aromatic hydroxyl groups is 1. The van der Waals surface area contributed by atoms with Crippen molar-refractivity contribution >= 4 is 22.8 Å². The normalized spacial score (nSPS) is 20.7. The third-order valence-corrected chi connectivity index (χ3v) is 8.52. The van der Waals surface area contributed by atoms with Crippen molar-refractivity contribution in [1.29, 1.82) is 0 Å². The number of methoxy groups -OCH3 is 1. The summed E-state index contributed by atoms with van der Waals surface area (Å²) in [6.07, 6.45) is -6.39. The van der Waals surface area contributed by atoms with Gasteiger partial charge in [-0.25, -0.2) is 9.59 Å². The van der Waals surface area contributed by atoms with Gasteiger partial charge in [0, 0.05) is 24.7 Å². The van der Waals surface area contributed by atoms with Gasteiger partial charge in [-0.2, -0.15) is 0 Å². The summed E-state index contributed by atoms with van der Waals surface area (Å²) in [6, 6.07) is 18.2. The molecular weight excluding hydrogens is 606 g/mol. The summed E-state index contributed by atoms with van der Waals surface area (Å²) >= 11 is 0. The van der Waals surface area contributed by atoms with Crippen LogP contribution in [0.1, 0.15) is 60.7 Å². The second-order valence-electron chi connectivity index (χ2n) is 12.5. The lowest BCUT2D eigenvalue weighted by molar-refractivity contribution is -0.304. The SMILES string of the molecule is CO[C@@H]1[C@@H](OC(N)=O)[C@@H](O)[C@H](Oc2ccc3c(O)c(CC(=O)c4cccc(-c5ccccc5C(C)C)c4)c(=O)oc3c2C)OC1(C)C. The van der Waals surface area contributed by atoms with Gasteiger partial charge in [0.25, 0.3) is 0 Å². The van der Waals surface area contributed by atoms with Crippen molar-refractivity contribution < 1.29 is 43.2 Å². The predicted molar refractivity (Wildman–Crippen MR) is 174 cm³/mol. The molecule has 0 unspecified atom stereocenters. The number of hydrogen-bond acceptors (Lipinski definition) is 10. The summed E-state index contributed by atoms with van der Waals surface area (Å²) < 4.78 is 28.2. The number of fused-ring (bicyclic) bond motifs is 1. The van der Waals surface area contributed by atoms with Gasteiger partial charge < -0.3 is 39.3 Å². The van der Waals surface area contributed by atoms with Crippen molar-refractivity contribution in [2.24, 2.45) is 5.73 Å². The number of amides is 1. The molecule has 1 aliphatic heterocycles. The van der Waals surface area contributed by atoms with E-state index in [0.717, 1.165) is 16.7 Å². The Labute approximate surface area is 271 Å². The largest absolute Gasteiger partial charge is 0.507 e. The first-order valence-corrected chi connectivity index (χ1v) is 15.3. The Kier molecular flexibility index (Phi) is 9.44. The van der Waals surface area contributed by atoms with Crippen LogP contribution in [0.3, 0.4) is 0 Å². The summed E-state index contributed by atoms with van der Waals surface area (Å²) in [6.45, 7) is 9.16. The van der Waals surface area contributed by atoms with Crippen LogP contribution in [-0.2, 0) is 20.6 Å². The van der Waals surface area contributed by atoms with Gasteiger partial charge in [0.1, 0.15) is 23.2 Å². The molecular formula is C36H39NO10. The minimum atomic E-state index is -1.50. The first-order chi connectivity index (χ1) is 22.2. The van der Waals surface area contributed by atoms with E-state index in [1.165, 1.54) is 19.2 Å². The highest BCUT2D eigenvalue weighted by Crippen LogP contribution is 2.38. The Hall–Kier alpha value is -4.71. The lowest BCUT2D eigenvalue weighted by Gasteiger charge is -2.47.